The third-order valence-corrected chi connectivity index (χ3v) is 1.39. The number of rotatable bonds is 0. The quantitative estimate of drug-likeness (QED) is 0.662. The van der Waals surface area contributed by atoms with Crippen LogP contribution in [0.1, 0.15) is 0 Å². The molecule has 0 bridgehead atoms. The maximum Gasteiger partial charge on any atom is 0.170 e. The standard InChI is InChI=1S/C4H2Br2O/c5-3-1-2-4(6)7-3/h1-2H. The van der Waals surface area contributed by atoms with Gasteiger partial charge >= 0.3 is 0 Å². The van der Waals surface area contributed by atoms with Gasteiger partial charge in [0.2, 0.25) is 0 Å². The Morgan fingerprint density at radius 1 is 1.14 bits per heavy atom. The van der Waals surface area contributed by atoms with E-state index in [1.807, 2.05) is 12.1 Å². The average molecular weight is 226 g/mol. The van der Waals surface area contributed by atoms with Crippen LogP contribution >= 0.6 is 31.9 Å². The first kappa shape index (κ1) is 5.38. The molecule has 0 fully saturated rings. The Morgan fingerprint density at radius 3 is 1.71 bits per heavy atom. The highest BCUT2D eigenvalue weighted by molar-refractivity contribution is 9.11. The number of halogens is 2. The molecule has 3 heteroatoms. The van der Waals surface area contributed by atoms with E-state index in [9.17, 15) is 0 Å². The van der Waals surface area contributed by atoms with Crippen molar-refractivity contribution in [3.63, 3.8) is 0 Å². The van der Waals surface area contributed by atoms with E-state index in [1.165, 1.54) is 0 Å². The molecule has 1 heterocycles. The molecule has 0 radical (unpaired) electrons. The fourth-order valence-electron chi connectivity index (χ4n) is 0.292. The van der Waals surface area contributed by atoms with Crippen LogP contribution in [-0.4, -0.2) is 0 Å². The first-order chi connectivity index (χ1) is 3.29. The molecule has 0 spiro atoms. The molecular weight excluding hydrogens is 224 g/mol. The van der Waals surface area contributed by atoms with Gasteiger partial charge in [0.15, 0.2) is 9.34 Å². The Hall–Kier alpha value is 0.240. The first-order valence-electron chi connectivity index (χ1n) is 1.70. The molecule has 38 valence electrons. The van der Waals surface area contributed by atoms with Gasteiger partial charge in [-0.25, -0.2) is 0 Å². The molecule has 0 unspecified atom stereocenters. The molecule has 0 amide bonds. The molecule has 0 aliphatic rings. The van der Waals surface area contributed by atoms with Gasteiger partial charge < -0.3 is 4.42 Å². The van der Waals surface area contributed by atoms with Crippen molar-refractivity contribution in [1.82, 2.24) is 0 Å². The topological polar surface area (TPSA) is 13.1 Å². The molecule has 1 aromatic heterocycles. The Bertz CT molecular complexity index is 142. The highest BCUT2D eigenvalue weighted by atomic mass is 79.9. The lowest BCUT2D eigenvalue weighted by molar-refractivity contribution is 0.516. The van der Waals surface area contributed by atoms with Crippen molar-refractivity contribution < 1.29 is 4.42 Å². The molecule has 1 aromatic rings. The maximum absolute atomic E-state index is 4.92. The maximum atomic E-state index is 4.92. The van der Waals surface area contributed by atoms with Crippen molar-refractivity contribution in [2.45, 2.75) is 0 Å². The Labute approximate surface area is 58.0 Å². The minimum atomic E-state index is 0.749. The van der Waals surface area contributed by atoms with Crippen molar-refractivity contribution in [3.8, 4) is 0 Å². The van der Waals surface area contributed by atoms with Gasteiger partial charge in [0, 0.05) is 0 Å². The van der Waals surface area contributed by atoms with Crippen LogP contribution in [0.4, 0.5) is 0 Å². The van der Waals surface area contributed by atoms with E-state index < -0.39 is 0 Å². The van der Waals surface area contributed by atoms with Gasteiger partial charge in [-0.2, -0.15) is 0 Å². The highest BCUT2D eigenvalue weighted by Crippen LogP contribution is 2.17. The summed E-state index contributed by atoms with van der Waals surface area (Å²) in [6.07, 6.45) is 0. The number of hydrogen-bond acceptors (Lipinski definition) is 1. The van der Waals surface area contributed by atoms with Crippen LogP contribution in [0.3, 0.4) is 0 Å². The molecule has 0 aliphatic heterocycles. The van der Waals surface area contributed by atoms with Crippen molar-refractivity contribution in [2.75, 3.05) is 0 Å². The summed E-state index contributed by atoms with van der Waals surface area (Å²) in [6, 6.07) is 3.65. The lowest BCUT2D eigenvalue weighted by Crippen LogP contribution is -1.39. The molecular formula is C4H2Br2O. The van der Waals surface area contributed by atoms with Gasteiger partial charge in [-0.05, 0) is 44.0 Å². The Kier molecular flexibility index (Phi) is 1.54. The SMILES string of the molecule is Brc1ccc(Br)o1. The second-order valence-corrected chi connectivity index (χ2v) is 2.61. The molecule has 0 aliphatic carbocycles. The van der Waals surface area contributed by atoms with E-state index in [1.54, 1.807) is 0 Å². The van der Waals surface area contributed by atoms with Gasteiger partial charge in [0.1, 0.15) is 0 Å². The summed E-state index contributed by atoms with van der Waals surface area (Å²) < 4.78 is 6.42. The van der Waals surface area contributed by atoms with Crippen molar-refractivity contribution >= 4 is 31.9 Å². The van der Waals surface area contributed by atoms with E-state index in [0.29, 0.717) is 0 Å². The summed E-state index contributed by atoms with van der Waals surface area (Å²) >= 11 is 6.27. The zero-order valence-electron chi connectivity index (χ0n) is 3.32. The zero-order chi connectivity index (χ0) is 5.28. The molecule has 0 atom stereocenters. The van der Waals surface area contributed by atoms with Crippen molar-refractivity contribution in [3.05, 3.63) is 21.5 Å². The van der Waals surface area contributed by atoms with Crippen LogP contribution < -0.4 is 0 Å². The second kappa shape index (κ2) is 2.01. The fraction of sp³-hybridized carbons (Fsp3) is 0. The predicted molar refractivity (Wildman–Crippen MR) is 34.1 cm³/mol. The van der Waals surface area contributed by atoms with Crippen molar-refractivity contribution in [1.29, 1.82) is 0 Å². The van der Waals surface area contributed by atoms with E-state index in [-0.39, 0.29) is 0 Å². The summed E-state index contributed by atoms with van der Waals surface area (Å²) in [5.41, 5.74) is 0. The summed E-state index contributed by atoms with van der Waals surface area (Å²) in [5, 5.41) is 0. The monoisotopic (exact) mass is 224 g/mol. The molecule has 0 saturated heterocycles. The van der Waals surface area contributed by atoms with Gasteiger partial charge in [0.25, 0.3) is 0 Å². The van der Waals surface area contributed by atoms with Crippen LogP contribution in [0.25, 0.3) is 0 Å². The highest BCUT2D eigenvalue weighted by Gasteiger charge is 1.89. The normalized spacial score (nSPS) is 9.43. The molecule has 1 nitrogen and oxygen atoms in total. The third kappa shape index (κ3) is 1.31. The van der Waals surface area contributed by atoms with Crippen LogP contribution in [0.15, 0.2) is 25.9 Å². The fourth-order valence-corrected chi connectivity index (χ4v) is 1.12. The Morgan fingerprint density at radius 2 is 1.57 bits per heavy atom. The first-order valence-corrected chi connectivity index (χ1v) is 3.28. The minimum Gasteiger partial charge on any atom is -0.443 e. The van der Waals surface area contributed by atoms with E-state index in [0.717, 1.165) is 9.34 Å². The molecule has 7 heavy (non-hydrogen) atoms. The Balaban J connectivity index is 3.04. The third-order valence-electron chi connectivity index (χ3n) is 0.540. The molecule has 1 rings (SSSR count). The average Bonchev–Trinajstić information content (AvgIpc) is 1.87. The summed E-state index contributed by atoms with van der Waals surface area (Å²) in [5.74, 6) is 0. The van der Waals surface area contributed by atoms with E-state index in [2.05, 4.69) is 31.9 Å². The van der Waals surface area contributed by atoms with Crippen LogP contribution in [0.2, 0.25) is 0 Å². The van der Waals surface area contributed by atoms with Gasteiger partial charge in [-0.1, -0.05) is 0 Å². The second-order valence-electron chi connectivity index (χ2n) is 1.04. The zero-order valence-corrected chi connectivity index (χ0v) is 6.49. The molecule has 0 saturated carbocycles. The van der Waals surface area contributed by atoms with Gasteiger partial charge in [-0.3, -0.25) is 0 Å². The molecule has 0 N–H and O–H groups in total. The number of furan rings is 1. The van der Waals surface area contributed by atoms with E-state index >= 15 is 0 Å². The van der Waals surface area contributed by atoms with Gasteiger partial charge in [0.05, 0.1) is 0 Å². The minimum absolute atomic E-state index is 0.749. The lowest BCUT2D eigenvalue weighted by Gasteiger charge is -1.72. The van der Waals surface area contributed by atoms with E-state index in [4.69, 9.17) is 4.42 Å². The molecule has 0 aromatic carbocycles. The van der Waals surface area contributed by atoms with Crippen LogP contribution in [-0.2, 0) is 0 Å². The van der Waals surface area contributed by atoms with Crippen LogP contribution in [0, 0.1) is 0 Å². The largest absolute Gasteiger partial charge is 0.443 e. The summed E-state index contributed by atoms with van der Waals surface area (Å²) in [4.78, 5) is 0. The van der Waals surface area contributed by atoms with Gasteiger partial charge in [-0.15, -0.1) is 0 Å². The van der Waals surface area contributed by atoms with Crippen LogP contribution in [0.5, 0.6) is 0 Å². The predicted octanol–water partition coefficient (Wildman–Crippen LogP) is 2.80. The summed E-state index contributed by atoms with van der Waals surface area (Å²) in [6.45, 7) is 0. The number of hydrogen-bond donors (Lipinski definition) is 0. The van der Waals surface area contributed by atoms with Crippen molar-refractivity contribution in [2.24, 2.45) is 0 Å². The smallest absolute Gasteiger partial charge is 0.170 e. The summed E-state index contributed by atoms with van der Waals surface area (Å²) in [7, 11) is 0. The lowest BCUT2D eigenvalue weighted by atomic mass is 10.7.